The molecule has 0 aliphatic rings. The number of thioether (sulfide) groups is 1. The third kappa shape index (κ3) is 2.33. The molecule has 0 radical (unpaired) electrons. The Bertz CT molecular complexity index is 870. The lowest BCUT2D eigenvalue weighted by Crippen LogP contribution is -2.15. The molecule has 0 saturated carbocycles. The van der Waals surface area contributed by atoms with Crippen LogP contribution in [0.25, 0.3) is 5.65 Å². The number of thiazole rings is 1. The highest BCUT2D eigenvalue weighted by molar-refractivity contribution is 8.00. The largest absolute Gasteiger partial charge is 0.295 e. The van der Waals surface area contributed by atoms with Crippen molar-refractivity contribution in [3.05, 3.63) is 44.9 Å². The van der Waals surface area contributed by atoms with Gasteiger partial charge in [0.15, 0.2) is 5.65 Å². The van der Waals surface area contributed by atoms with Gasteiger partial charge in [0, 0.05) is 29.1 Å². The average molecular weight is 303 g/mol. The lowest BCUT2D eigenvalue weighted by atomic mass is 10.3. The van der Waals surface area contributed by atoms with Crippen LogP contribution in [0.2, 0.25) is 0 Å². The third-order valence-corrected chi connectivity index (χ3v) is 4.79. The molecule has 0 fully saturated rings. The van der Waals surface area contributed by atoms with Gasteiger partial charge in [0.05, 0.1) is 5.69 Å². The van der Waals surface area contributed by atoms with Crippen molar-refractivity contribution in [2.24, 2.45) is 0 Å². The highest BCUT2D eigenvalue weighted by Crippen LogP contribution is 2.25. The number of H-pyrrole nitrogens is 1. The number of nitrogens with one attached hydrogen (secondary N) is 1. The molecule has 0 bridgehead atoms. The molecule has 0 unspecified atom stereocenters. The van der Waals surface area contributed by atoms with Gasteiger partial charge in [-0.05, 0) is 6.92 Å². The Hall–Kier alpha value is -2.11. The van der Waals surface area contributed by atoms with Crippen LogP contribution in [0.4, 0.5) is 0 Å². The van der Waals surface area contributed by atoms with Gasteiger partial charge in [0.2, 0.25) is 0 Å². The second kappa shape index (κ2) is 5.11. The predicted molar refractivity (Wildman–Crippen MR) is 76.9 cm³/mol. The maximum atomic E-state index is 11.9. The molecule has 0 aliphatic heterocycles. The molecule has 0 amide bonds. The first-order valence-corrected chi connectivity index (χ1v) is 7.59. The number of aryl methyl sites for hydroxylation is 1. The molecule has 20 heavy (non-hydrogen) atoms. The fourth-order valence-electron chi connectivity index (χ4n) is 1.72. The first kappa shape index (κ1) is 12.9. The van der Waals surface area contributed by atoms with E-state index in [9.17, 15) is 4.79 Å². The molecule has 0 aromatic carbocycles. The number of aromatic nitrogens is 4. The molecule has 0 aliphatic carbocycles. The monoisotopic (exact) mass is 303 g/mol. The summed E-state index contributed by atoms with van der Waals surface area (Å²) in [4.78, 5) is 20.6. The Morgan fingerprint density at radius 2 is 2.40 bits per heavy atom. The summed E-state index contributed by atoms with van der Waals surface area (Å²) in [6, 6.07) is 3.48. The quantitative estimate of drug-likeness (QED) is 0.747. The molecule has 1 N–H and O–H groups in total. The summed E-state index contributed by atoms with van der Waals surface area (Å²) < 4.78 is 2.21. The van der Waals surface area contributed by atoms with Crippen molar-refractivity contribution >= 4 is 28.7 Å². The van der Waals surface area contributed by atoms with Gasteiger partial charge in [-0.25, -0.2) is 14.5 Å². The van der Waals surface area contributed by atoms with Crippen molar-refractivity contribution in [1.82, 2.24) is 19.6 Å². The summed E-state index contributed by atoms with van der Waals surface area (Å²) in [7, 11) is 0. The summed E-state index contributed by atoms with van der Waals surface area (Å²) in [5.74, 6) is 0.550. The van der Waals surface area contributed by atoms with Crippen LogP contribution in [0, 0.1) is 18.3 Å². The minimum Gasteiger partial charge on any atom is -0.295 e. The third-order valence-electron chi connectivity index (χ3n) is 2.61. The van der Waals surface area contributed by atoms with Crippen molar-refractivity contribution < 1.29 is 0 Å². The van der Waals surface area contributed by atoms with Crippen LogP contribution in [-0.4, -0.2) is 19.6 Å². The van der Waals surface area contributed by atoms with E-state index in [1.54, 1.807) is 11.3 Å². The summed E-state index contributed by atoms with van der Waals surface area (Å²) in [6.07, 6.45) is 1.48. The molecule has 8 heteroatoms. The molecule has 3 rings (SSSR count). The van der Waals surface area contributed by atoms with E-state index in [1.807, 2.05) is 18.4 Å². The van der Waals surface area contributed by atoms with Gasteiger partial charge in [-0.15, -0.1) is 11.3 Å². The second-order valence-corrected chi connectivity index (χ2v) is 6.17. The van der Waals surface area contributed by atoms with Crippen molar-refractivity contribution in [2.45, 2.75) is 17.0 Å². The van der Waals surface area contributed by atoms with Crippen molar-refractivity contribution in [1.29, 1.82) is 5.26 Å². The Morgan fingerprint density at radius 1 is 1.55 bits per heavy atom. The van der Waals surface area contributed by atoms with Crippen LogP contribution in [-0.2, 0) is 5.75 Å². The van der Waals surface area contributed by atoms with E-state index in [4.69, 9.17) is 5.26 Å². The van der Waals surface area contributed by atoms with E-state index < -0.39 is 0 Å². The van der Waals surface area contributed by atoms with Gasteiger partial charge >= 0.3 is 0 Å². The number of fused-ring (bicyclic) bond motifs is 1. The number of aromatic amines is 1. The standard InChI is InChI=1S/C12H9N5OS2/c1-7-5-19-12(15-7)20-6-9-2-10(18)17-11(16-9)8(3-13)4-14-17/h2,4-5,14H,6H2,1H3. The predicted octanol–water partition coefficient (Wildman–Crippen LogP) is 1.95. The zero-order valence-electron chi connectivity index (χ0n) is 10.5. The highest BCUT2D eigenvalue weighted by Gasteiger charge is 2.09. The van der Waals surface area contributed by atoms with E-state index in [0.717, 1.165) is 10.0 Å². The first-order valence-electron chi connectivity index (χ1n) is 5.72. The van der Waals surface area contributed by atoms with Crippen molar-refractivity contribution in [3.8, 4) is 6.07 Å². The van der Waals surface area contributed by atoms with E-state index in [1.165, 1.54) is 28.5 Å². The minimum atomic E-state index is -0.220. The van der Waals surface area contributed by atoms with E-state index in [2.05, 4.69) is 15.1 Å². The number of hydrogen-bond acceptors (Lipinski definition) is 6. The number of rotatable bonds is 3. The molecule has 3 heterocycles. The number of nitrogens with zero attached hydrogens (tertiary/aromatic N) is 4. The fraction of sp³-hybridized carbons (Fsp3) is 0.167. The average Bonchev–Trinajstić information content (AvgIpc) is 3.02. The highest BCUT2D eigenvalue weighted by atomic mass is 32.2. The fourth-order valence-corrected chi connectivity index (χ4v) is 3.46. The van der Waals surface area contributed by atoms with Crippen LogP contribution in [0.1, 0.15) is 17.0 Å². The molecule has 0 spiro atoms. The molecule has 3 aromatic heterocycles. The SMILES string of the molecule is Cc1csc(SCc2cc(=O)n3[nH]cc(C#N)c3n2)n1. The van der Waals surface area contributed by atoms with E-state index in [-0.39, 0.29) is 5.56 Å². The van der Waals surface area contributed by atoms with Crippen LogP contribution in [0.3, 0.4) is 0 Å². The normalized spacial score (nSPS) is 10.8. The summed E-state index contributed by atoms with van der Waals surface area (Å²) in [6.45, 7) is 1.94. The summed E-state index contributed by atoms with van der Waals surface area (Å²) in [5, 5.41) is 13.7. The van der Waals surface area contributed by atoms with Crippen LogP contribution >= 0.6 is 23.1 Å². The molecule has 3 aromatic rings. The molecular weight excluding hydrogens is 294 g/mol. The van der Waals surface area contributed by atoms with E-state index >= 15 is 0 Å². The van der Waals surface area contributed by atoms with Crippen molar-refractivity contribution in [2.75, 3.05) is 0 Å². The maximum absolute atomic E-state index is 11.9. The van der Waals surface area contributed by atoms with E-state index in [0.29, 0.717) is 22.7 Å². The zero-order chi connectivity index (χ0) is 14.1. The molecule has 0 saturated heterocycles. The number of nitriles is 1. The topological polar surface area (TPSA) is 86.8 Å². The van der Waals surface area contributed by atoms with Gasteiger partial charge in [0.1, 0.15) is 16.0 Å². The Balaban J connectivity index is 1.92. The minimum absolute atomic E-state index is 0.220. The zero-order valence-corrected chi connectivity index (χ0v) is 12.1. The van der Waals surface area contributed by atoms with Gasteiger partial charge < -0.3 is 0 Å². The van der Waals surface area contributed by atoms with Gasteiger partial charge in [-0.2, -0.15) is 5.26 Å². The Morgan fingerprint density at radius 3 is 3.10 bits per heavy atom. The van der Waals surface area contributed by atoms with Crippen LogP contribution < -0.4 is 5.56 Å². The first-order chi connectivity index (χ1) is 9.67. The van der Waals surface area contributed by atoms with Gasteiger partial charge in [-0.3, -0.25) is 9.89 Å². The summed E-state index contributed by atoms with van der Waals surface area (Å²) >= 11 is 3.10. The van der Waals surface area contributed by atoms with Gasteiger partial charge in [0.25, 0.3) is 5.56 Å². The molecule has 100 valence electrons. The Labute approximate surface area is 122 Å². The lowest BCUT2D eigenvalue weighted by Gasteiger charge is -1.99. The molecular formula is C12H9N5OS2. The smallest absolute Gasteiger partial charge is 0.272 e. The van der Waals surface area contributed by atoms with Gasteiger partial charge in [-0.1, -0.05) is 11.8 Å². The molecule has 0 atom stereocenters. The summed E-state index contributed by atoms with van der Waals surface area (Å²) in [5.41, 5.74) is 2.13. The van der Waals surface area contributed by atoms with Crippen molar-refractivity contribution in [3.63, 3.8) is 0 Å². The molecule has 6 nitrogen and oxygen atoms in total. The maximum Gasteiger partial charge on any atom is 0.272 e. The second-order valence-electron chi connectivity index (χ2n) is 4.09. The van der Waals surface area contributed by atoms with Crippen LogP contribution in [0.5, 0.6) is 0 Å². The Kier molecular flexibility index (Phi) is 3.30. The van der Waals surface area contributed by atoms with Crippen LogP contribution in [0.15, 0.2) is 26.8 Å². The lowest BCUT2D eigenvalue weighted by molar-refractivity contribution is 0.888. The number of hydrogen-bond donors (Lipinski definition) is 1.